The van der Waals surface area contributed by atoms with Crippen LogP contribution >= 0.6 is 11.6 Å². The van der Waals surface area contributed by atoms with Crippen LogP contribution in [0.3, 0.4) is 0 Å². The van der Waals surface area contributed by atoms with E-state index in [1.807, 2.05) is 13.8 Å². The predicted octanol–water partition coefficient (Wildman–Crippen LogP) is 2.95. The standard InChI is InChI=1S/C18H20ClNO6/c1-4-10(2)16(18(23)24-3)20-15(21)9-25-17(22)14-8-11-7-12(19)5-6-13(11)26-14/h5-8,10,16H,4,9H2,1-3H3,(H,20,21)/t10-,16+/m1/s1. The van der Waals surface area contributed by atoms with E-state index in [0.717, 1.165) is 0 Å². The third kappa shape index (κ3) is 4.76. The number of carbonyl (C=O) groups excluding carboxylic acids is 3. The van der Waals surface area contributed by atoms with Crippen LogP contribution in [0, 0.1) is 5.92 Å². The molecule has 1 aromatic carbocycles. The molecule has 0 unspecified atom stereocenters. The van der Waals surface area contributed by atoms with Crippen molar-refractivity contribution in [2.45, 2.75) is 26.3 Å². The Morgan fingerprint density at radius 3 is 2.65 bits per heavy atom. The van der Waals surface area contributed by atoms with E-state index in [9.17, 15) is 14.4 Å². The monoisotopic (exact) mass is 381 g/mol. The van der Waals surface area contributed by atoms with E-state index in [0.29, 0.717) is 22.4 Å². The highest BCUT2D eigenvalue weighted by Crippen LogP contribution is 2.23. The van der Waals surface area contributed by atoms with Crippen molar-refractivity contribution in [2.24, 2.45) is 5.92 Å². The third-order valence-electron chi connectivity index (χ3n) is 4.00. The minimum absolute atomic E-state index is 0.0403. The van der Waals surface area contributed by atoms with Crippen molar-refractivity contribution >= 4 is 40.4 Å². The van der Waals surface area contributed by atoms with E-state index < -0.39 is 30.5 Å². The minimum Gasteiger partial charge on any atom is -0.467 e. The summed E-state index contributed by atoms with van der Waals surface area (Å²) in [4.78, 5) is 35.8. The van der Waals surface area contributed by atoms with Gasteiger partial charge in [-0.2, -0.15) is 0 Å². The molecule has 1 amide bonds. The van der Waals surface area contributed by atoms with Crippen LogP contribution in [-0.2, 0) is 19.1 Å². The highest BCUT2D eigenvalue weighted by molar-refractivity contribution is 6.31. The number of esters is 2. The fourth-order valence-electron chi connectivity index (χ4n) is 2.33. The Morgan fingerprint density at radius 2 is 2.00 bits per heavy atom. The zero-order chi connectivity index (χ0) is 19.3. The van der Waals surface area contributed by atoms with Crippen molar-refractivity contribution in [3.05, 3.63) is 35.0 Å². The van der Waals surface area contributed by atoms with E-state index in [4.69, 9.17) is 20.8 Å². The van der Waals surface area contributed by atoms with Gasteiger partial charge in [-0.25, -0.2) is 9.59 Å². The topological polar surface area (TPSA) is 94.8 Å². The Hall–Kier alpha value is -2.54. The number of ether oxygens (including phenoxy) is 2. The Kier molecular flexibility index (Phi) is 6.63. The summed E-state index contributed by atoms with van der Waals surface area (Å²) in [7, 11) is 1.25. The maximum absolute atomic E-state index is 12.0. The SMILES string of the molecule is CC[C@@H](C)[C@H](NC(=O)COC(=O)c1cc2cc(Cl)ccc2o1)C(=O)OC. The van der Waals surface area contributed by atoms with Crippen LogP contribution < -0.4 is 5.32 Å². The van der Waals surface area contributed by atoms with Crippen LogP contribution in [0.5, 0.6) is 0 Å². The molecular formula is C18H20ClNO6. The van der Waals surface area contributed by atoms with Gasteiger partial charge in [-0.3, -0.25) is 4.79 Å². The molecule has 0 aliphatic carbocycles. The summed E-state index contributed by atoms with van der Waals surface area (Å²) in [5.74, 6) is -2.10. The van der Waals surface area contributed by atoms with Crippen molar-refractivity contribution in [3.8, 4) is 0 Å². The summed E-state index contributed by atoms with van der Waals surface area (Å²) in [6.07, 6.45) is 0.668. The molecule has 0 aliphatic heterocycles. The molecule has 0 saturated heterocycles. The maximum Gasteiger partial charge on any atom is 0.374 e. The van der Waals surface area contributed by atoms with E-state index in [2.05, 4.69) is 10.1 Å². The lowest BCUT2D eigenvalue weighted by atomic mass is 9.99. The first-order chi connectivity index (χ1) is 12.3. The summed E-state index contributed by atoms with van der Waals surface area (Å²) >= 11 is 5.89. The molecule has 2 atom stereocenters. The Labute approximate surface area is 155 Å². The van der Waals surface area contributed by atoms with Crippen LogP contribution in [0.15, 0.2) is 28.7 Å². The number of hydrogen-bond acceptors (Lipinski definition) is 6. The molecule has 2 rings (SSSR count). The van der Waals surface area contributed by atoms with Gasteiger partial charge in [-0.05, 0) is 30.2 Å². The molecule has 0 spiro atoms. The van der Waals surface area contributed by atoms with Crippen molar-refractivity contribution < 1.29 is 28.3 Å². The number of hydrogen-bond donors (Lipinski definition) is 1. The molecule has 1 aromatic heterocycles. The molecule has 0 saturated carbocycles. The minimum atomic E-state index is -0.801. The lowest BCUT2D eigenvalue weighted by molar-refractivity contribution is -0.147. The summed E-state index contributed by atoms with van der Waals surface area (Å²) in [5.41, 5.74) is 0.480. The van der Waals surface area contributed by atoms with Crippen molar-refractivity contribution in [2.75, 3.05) is 13.7 Å². The summed E-state index contributed by atoms with van der Waals surface area (Å²) in [5, 5.41) is 3.68. The number of rotatable bonds is 7. The zero-order valence-electron chi connectivity index (χ0n) is 14.7. The van der Waals surface area contributed by atoms with Crippen LogP contribution in [0.4, 0.5) is 0 Å². The number of benzene rings is 1. The smallest absolute Gasteiger partial charge is 0.374 e. The maximum atomic E-state index is 12.0. The lowest BCUT2D eigenvalue weighted by Crippen LogP contribution is -2.47. The molecule has 0 fully saturated rings. The van der Waals surface area contributed by atoms with Gasteiger partial charge in [-0.15, -0.1) is 0 Å². The lowest BCUT2D eigenvalue weighted by Gasteiger charge is -2.21. The first-order valence-corrected chi connectivity index (χ1v) is 8.47. The second-order valence-corrected chi connectivity index (χ2v) is 6.26. The van der Waals surface area contributed by atoms with Crippen molar-refractivity contribution in [3.63, 3.8) is 0 Å². The largest absolute Gasteiger partial charge is 0.467 e. The second-order valence-electron chi connectivity index (χ2n) is 5.82. The van der Waals surface area contributed by atoms with Crippen molar-refractivity contribution in [1.82, 2.24) is 5.32 Å². The van der Waals surface area contributed by atoms with E-state index in [1.165, 1.54) is 13.2 Å². The number of nitrogens with one attached hydrogen (secondary N) is 1. The van der Waals surface area contributed by atoms with Crippen LogP contribution in [0.1, 0.15) is 30.8 Å². The van der Waals surface area contributed by atoms with E-state index >= 15 is 0 Å². The molecule has 0 aliphatic rings. The average Bonchev–Trinajstić information content (AvgIpc) is 3.06. The first-order valence-electron chi connectivity index (χ1n) is 8.09. The van der Waals surface area contributed by atoms with E-state index in [-0.39, 0.29) is 11.7 Å². The van der Waals surface area contributed by atoms with Gasteiger partial charge in [0.15, 0.2) is 6.61 Å². The number of furan rings is 1. The van der Waals surface area contributed by atoms with Gasteiger partial charge >= 0.3 is 11.9 Å². The first kappa shape index (κ1) is 19.8. The molecule has 140 valence electrons. The highest BCUT2D eigenvalue weighted by atomic mass is 35.5. The van der Waals surface area contributed by atoms with Crippen molar-refractivity contribution in [1.29, 1.82) is 0 Å². The fourth-order valence-corrected chi connectivity index (χ4v) is 2.51. The molecule has 0 radical (unpaired) electrons. The molecule has 1 N–H and O–H groups in total. The molecule has 8 heteroatoms. The molecular weight excluding hydrogens is 362 g/mol. The second kappa shape index (κ2) is 8.71. The van der Waals surface area contributed by atoms with E-state index in [1.54, 1.807) is 18.2 Å². The average molecular weight is 382 g/mol. The number of amides is 1. The molecule has 7 nitrogen and oxygen atoms in total. The molecule has 2 aromatic rings. The third-order valence-corrected chi connectivity index (χ3v) is 4.23. The van der Waals surface area contributed by atoms with Crippen LogP contribution in [-0.4, -0.2) is 37.6 Å². The van der Waals surface area contributed by atoms with Crippen LogP contribution in [0.25, 0.3) is 11.0 Å². The normalized spacial score (nSPS) is 13.1. The van der Waals surface area contributed by atoms with Gasteiger partial charge in [-0.1, -0.05) is 31.9 Å². The number of fused-ring (bicyclic) bond motifs is 1. The predicted molar refractivity (Wildman–Crippen MR) is 94.9 cm³/mol. The fraction of sp³-hybridized carbons (Fsp3) is 0.389. The number of halogens is 1. The number of carbonyl (C=O) groups is 3. The Morgan fingerprint density at radius 1 is 1.27 bits per heavy atom. The van der Waals surface area contributed by atoms with Crippen LogP contribution in [0.2, 0.25) is 5.02 Å². The Bertz CT molecular complexity index is 815. The van der Waals surface area contributed by atoms with Gasteiger partial charge < -0.3 is 19.2 Å². The van der Waals surface area contributed by atoms with Gasteiger partial charge in [0.2, 0.25) is 5.76 Å². The summed E-state index contributed by atoms with van der Waals surface area (Å²) in [6.45, 7) is 3.16. The molecule has 0 bridgehead atoms. The quantitative estimate of drug-likeness (QED) is 0.741. The van der Waals surface area contributed by atoms with Gasteiger partial charge in [0, 0.05) is 10.4 Å². The number of methoxy groups -OCH3 is 1. The Balaban J connectivity index is 1.96. The summed E-state index contributed by atoms with van der Waals surface area (Å²) < 4.78 is 15.0. The molecule has 1 heterocycles. The molecule has 26 heavy (non-hydrogen) atoms. The zero-order valence-corrected chi connectivity index (χ0v) is 15.5. The van der Waals surface area contributed by atoms with Gasteiger partial charge in [0.1, 0.15) is 11.6 Å². The van der Waals surface area contributed by atoms with Gasteiger partial charge in [0.25, 0.3) is 5.91 Å². The summed E-state index contributed by atoms with van der Waals surface area (Å²) in [6, 6.07) is 5.60. The van der Waals surface area contributed by atoms with Gasteiger partial charge in [0.05, 0.1) is 7.11 Å². The highest BCUT2D eigenvalue weighted by Gasteiger charge is 2.27.